The molecule has 188 valence electrons. The fourth-order valence-electron chi connectivity index (χ4n) is 3.56. The standard InChI is InChI=1S/C24H38N4O3.2ClH/c1-7-24(8-2)21(29)27(19-15-13-17-25(9-3)10-4)23(31)28(22(24)30)20-16-14-18-26(11-5)12-6;;/h7-12,17-20H2,1-6H3;2*1H. The number of rotatable bonds is 10. The Kier molecular flexibility index (Phi) is 17.0. The summed E-state index contributed by atoms with van der Waals surface area (Å²) in [5, 5.41) is 0. The van der Waals surface area contributed by atoms with Crippen molar-refractivity contribution in [2.45, 2.75) is 54.4 Å². The third-order valence-electron chi connectivity index (χ3n) is 6.10. The number of amides is 4. The Balaban J connectivity index is 0. The van der Waals surface area contributed by atoms with Gasteiger partial charge < -0.3 is 0 Å². The molecule has 1 aliphatic rings. The van der Waals surface area contributed by atoms with Gasteiger partial charge in [0, 0.05) is 0 Å². The van der Waals surface area contributed by atoms with E-state index in [0.717, 1.165) is 36.0 Å². The number of carbonyl (C=O) groups is 3. The third-order valence-corrected chi connectivity index (χ3v) is 6.10. The largest absolute Gasteiger partial charge is 0.335 e. The van der Waals surface area contributed by atoms with Crippen LogP contribution in [0.4, 0.5) is 4.79 Å². The lowest BCUT2D eigenvalue weighted by molar-refractivity contribution is -0.158. The lowest BCUT2D eigenvalue weighted by Gasteiger charge is -2.42. The van der Waals surface area contributed by atoms with Crippen molar-refractivity contribution < 1.29 is 14.4 Å². The summed E-state index contributed by atoms with van der Waals surface area (Å²) in [7, 11) is 0. The molecule has 1 saturated heterocycles. The van der Waals surface area contributed by atoms with Crippen molar-refractivity contribution >= 4 is 42.7 Å². The van der Waals surface area contributed by atoms with E-state index < -0.39 is 23.3 Å². The smallest absolute Gasteiger partial charge is 0.293 e. The first-order valence-corrected chi connectivity index (χ1v) is 11.4. The quantitative estimate of drug-likeness (QED) is 0.339. The first-order chi connectivity index (χ1) is 14.9. The van der Waals surface area contributed by atoms with Gasteiger partial charge in [0.05, 0.1) is 26.2 Å². The molecule has 9 heteroatoms. The summed E-state index contributed by atoms with van der Waals surface area (Å²) in [6.45, 7) is 16.5. The highest BCUT2D eigenvalue weighted by Gasteiger charge is 2.54. The minimum absolute atomic E-state index is 0. The highest BCUT2D eigenvalue weighted by atomic mass is 35.5. The molecule has 0 saturated carbocycles. The maximum atomic E-state index is 13.2. The maximum absolute atomic E-state index is 13.2. The van der Waals surface area contributed by atoms with E-state index in [1.807, 2.05) is 13.8 Å². The van der Waals surface area contributed by atoms with E-state index in [1.54, 1.807) is 0 Å². The summed E-state index contributed by atoms with van der Waals surface area (Å²) in [4.78, 5) is 45.8. The molecule has 0 aromatic carbocycles. The minimum atomic E-state index is -1.23. The number of barbiturate groups is 1. The second-order valence-electron chi connectivity index (χ2n) is 7.48. The molecule has 0 aliphatic carbocycles. The zero-order valence-electron chi connectivity index (χ0n) is 20.9. The fourth-order valence-corrected chi connectivity index (χ4v) is 3.56. The normalized spacial score (nSPS) is 14.8. The monoisotopic (exact) mass is 502 g/mol. The Hall–Kier alpha value is -1.77. The Labute approximate surface area is 212 Å². The van der Waals surface area contributed by atoms with Crippen LogP contribution in [0.15, 0.2) is 0 Å². The Morgan fingerprint density at radius 3 is 1.24 bits per heavy atom. The number of urea groups is 1. The Bertz CT molecular complexity index is 697. The van der Waals surface area contributed by atoms with Gasteiger partial charge in [0.25, 0.3) is 0 Å². The summed E-state index contributed by atoms with van der Waals surface area (Å²) >= 11 is 0. The van der Waals surface area contributed by atoms with Gasteiger partial charge in [-0.2, -0.15) is 0 Å². The van der Waals surface area contributed by atoms with Gasteiger partial charge in [-0.1, -0.05) is 65.2 Å². The van der Waals surface area contributed by atoms with E-state index in [1.165, 1.54) is 0 Å². The van der Waals surface area contributed by atoms with Gasteiger partial charge in [-0.3, -0.25) is 29.2 Å². The second kappa shape index (κ2) is 16.8. The molecule has 0 N–H and O–H groups in total. The van der Waals surface area contributed by atoms with Crippen molar-refractivity contribution in [1.29, 1.82) is 0 Å². The van der Waals surface area contributed by atoms with Crippen molar-refractivity contribution in [1.82, 2.24) is 19.6 Å². The van der Waals surface area contributed by atoms with Gasteiger partial charge in [-0.15, -0.1) is 24.8 Å². The van der Waals surface area contributed by atoms with Crippen LogP contribution in [0.2, 0.25) is 0 Å². The van der Waals surface area contributed by atoms with Gasteiger partial charge in [0.15, 0.2) is 0 Å². The molecule has 0 aromatic rings. The van der Waals surface area contributed by atoms with E-state index in [4.69, 9.17) is 0 Å². The summed E-state index contributed by atoms with van der Waals surface area (Å²) in [5.41, 5.74) is -1.23. The number of halogens is 2. The highest BCUT2D eigenvalue weighted by Crippen LogP contribution is 2.35. The third kappa shape index (κ3) is 8.19. The number of imide groups is 2. The summed E-state index contributed by atoms with van der Waals surface area (Å²) in [5.74, 6) is 11.1. The summed E-state index contributed by atoms with van der Waals surface area (Å²) in [6, 6.07) is -0.623. The molecule has 7 nitrogen and oxygen atoms in total. The number of hydrogen-bond donors (Lipinski definition) is 0. The van der Waals surface area contributed by atoms with Crippen LogP contribution < -0.4 is 0 Å². The molecule has 1 rings (SSSR count). The molecule has 0 unspecified atom stereocenters. The summed E-state index contributed by atoms with van der Waals surface area (Å²) in [6.07, 6.45) is 0.669. The molecule has 0 spiro atoms. The molecule has 0 aromatic heterocycles. The van der Waals surface area contributed by atoms with Crippen LogP contribution in [-0.2, 0) is 9.59 Å². The van der Waals surface area contributed by atoms with Crippen LogP contribution in [0.1, 0.15) is 54.4 Å². The van der Waals surface area contributed by atoms with Gasteiger partial charge in [0.1, 0.15) is 5.41 Å². The van der Waals surface area contributed by atoms with Crippen LogP contribution >= 0.6 is 24.8 Å². The molecule has 0 atom stereocenters. The molecule has 4 amide bonds. The summed E-state index contributed by atoms with van der Waals surface area (Å²) < 4.78 is 0. The lowest BCUT2D eigenvalue weighted by atomic mass is 9.78. The van der Waals surface area contributed by atoms with E-state index in [2.05, 4.69) is 61.2 Å². The van der Waals surface area contributed by atoms with Crippen molar-refractivity contribution in [3.63, 3.8) is 0 Å². The van der Waals surface area contributed by atoms with Gasteiger partial charge in [-0.25, -0.2) is 4.79 Å². The average Bonchev–Trinajstić information content (AvgIpc) is 2.78. The van der Waals surface area contributed by atoms with Crippen molar-refractivity contribution in [3.8, 4) is 23.7 Å². The zero-order chi connectivity index (χ0) is 23.4. The maximum Gasteiger partial charge on any atom is 0.335 e. The SMILES string of the molecule is CCN(CC)CC#CCN1C(=O)N(CC#CCN(CC)CC)C(=O)C(CC)(CC)C1=O.Cl.Cl. The van der Waals surface area contributed by atoms with E-state index in [0.29, 0.717) is 25.9 Å². The van der Waals surface area contributed by atoms with Crippen LogP contribution in [0.3, 0.4) is 0 Å². The fraction of sp³-hybridized carbons (Fsp3) is 0.708. The van der Waals surface area contributed by atoms with Crippen LogP contribution in [0, 0.1) is 29.1 Å². The molecule has 1 aliphatic heterocycles. The van der Waals surface area contributed by atoms with Crippen molar-refractivity contribution in [3.05, 3.63) is 0 Å². The van der Waals surface area contributed by atoms with Crippen LogP contribution in [-0.4, -0.2) is 89.8 Å². The van der Waals surface area contributed by atoms with Crippen LogP contribution in [0.5, 0.6) is 0 Å². The molecular formula is C24H40Cl2N4O3. The average molecular weight is 504 g/mol. The molecule has 0 bridgehead atoms. The molecule has 1 fully saturated rings. The molecule has 1 heterocycles. The second-order valence-corrected chi connectivity index (χ2v) is 7.48. The highest BCUT2D eigenvalue weighted by molar-refractivity contribution is 6.19. The topological polar surface area (TPSA) is 64.2 Å². The zero-order valence-corrected chi connectivity index (χ0v) is 22.5. The van der Waals surface area contributed by atoms with Crippen molar-refractivity contribution in [2.75, 3.05) is 52.4 Å². The first-order valence-electron chi connectivity index (χ1n) is 11.4. The van der Waals surface area contributed by atoms with Gasteiger partial charge >= 0.3 is 6.03 Å². The molecule has 33 heavy (non-hydrogen) atoms. The van der Waals surface area contributed by atoms with E-state index >= 15 is 0 Å². The molecule has 0 radical (unpaired) electrons. The number of nitrogens with zero attached hydrogens (tertiary/aromatic N) is 4. The van der Waals surface area contributed by atoms with E-state index in [-0.39, 0.29) is 37.9 Å². The van der Waals surface area contributed by atoms with E-state index in [9.17, 15) is 14.4 Å². The minimum Gasteiger partial charge on any atom is -0.293 e. The van der Waals surface area contributed by atoms with Crippen molar-refractivity contribution in [2.24, 2.45) is 5.41 Å². The van der Waals surface area contributed by atoms with Gasteiger partial charge in [-0.05, 0) is 39.0 Å². The Morgan fingerprint density at radius 2 is 0.970 bits per heavy atom. The predicted molar refractivity (Wildman–Crippen MR) is 137 cm³/mol. The number of carbonyl (C=O) groups excluding carboxylic acids is 3. The lowest BCUT2D eigenvalue weighted by Crippen LogP contribution is -2.65. The first kappa shape index (κ1) is 33.4. The number of hydrogen-bond acceptors (Lipinski definition) is 5. The van der Waals surface area contributed by atoms with Gasteiger partial charge in [0.2, 0.25) is 11.8 Å². The molecular weight excluding hydrogens is 463 g/mol. The Morgan fingerprint density at radius 1 is 0.636 bits per heavy atom. The van der Waals surface area contributed by atoms with Crippen LogP contribution in [0.25, 0.3) is 0 Å². The predicted octanol–water partition coefficient (Wildman–Crippen LogP) is 3.12.